The average molecular weight is 227 g/mol. The Balaban J connectivity index is 2.03. The molecule has 2 nitrogen and oxygen atoms in total. The van der Waals surface area contributed by atoms with Crippen molar-refractivity contribution < 1.29 is 5.11 Å². The fraction of sp³-hybridized carbons (Fsp3) is 0.200. The van der Waals surface area contributed by atoms with Crippen LogP contribution in [0.25, 0.3) is 6.08 Å². The topological polar surface area (TPSA) is 32.3 Å². The fourth-order valence-electron chi connectivity index (χ4n) is 1.71. The molecule has 88 valence electrons. The normalized spacial score (nSPS) is 24.0. The molecule has 1 aromatic rings. The Bertz CT molecular complexity index is 459. The van der Waals surface area contributed by atoms with E-state index in [-0.39, 0.29) is 0 Å². The Morgan fingerprint density at radius 1 is 1.24 bits per heavy atom. The number of aliphatic hydroxyl groups is 1. The van der Waals surface area contributed by atoms with Crippen LogP contribution in [0.15, 0.2) is 60.2 Å². The first-order valence-electron chi connectivity index (χ1n) is 5.76. The predicted molar refractivity (Wildman–Crippen MR) is 71.3 cm³/mol. The van der Waals surface area contributed by atoms with E-state index in [1.165, 1.54) is 5.56 Å². The van der Waals surface area contributed by atoms with E-state index in [1.54, 1.807) is 13.1 Å². The number of hydrogen-bond donors (Lipinski definition) is 2. The SMILES string of the molecule is CNC1(O)C=CC(C=Cc2ccccc2)=CC1. The molecule has 0 saturated heterocycles. The van der Waals surface area contributed by atoms with E-state index in [0.717, 1.165) is 5.57 Å². The Hall–Kier alpha value is -1.64. The number of hydrogen-bond acceptors (Lipinski definition) is 2. The van der Waals surface area contributed by atoms with Gasteiger partial charge in [-0.25, -0.2) is 0 Å². The minimum atomic E-state index is -0.885. The van der Waals surface area contributed by atoms with Gasteiger partial charge in [-0.05, 0) is 24.3 Å². The molecule has 2 rings (SSSR count). The van der Waals surface area contributed by atoms with Gasteiger partial charge in [-0.2, -0.15) is 0 Å². The fourth-order valence-corrected chi connectivity index (χ4v) is 1.71. The van der Waals surface area contributed by atoms with Crippen LogP contribution in [0.4, 0.5) is 0 Å². The van der Waals surface area contributed by atoms with Crippen LogP contribution in [-0.4, -0.2) is 17.9 Å². The number of benzene rings is 1. The van der Waals surface area contributed by atoms with E-state index in [1.807, 2.05) is 30.4 Å². The van der Waals surface area contributed by atoms with Crippen LogP contribution in [0.2, 0.25) is 0 Å². The molecule has 17 heavy (non-hydrogen) atoms. The summed E-state index contributed by atoms with van der Waals surface area (Å²) in [6, 6.07) is 10.2. The van der Waals surface area contributed by atoms with Crippen LogP contribution in [0.3, 0.4) is 0 Å². The second-order valence-corrected chi connectivity index (χ2v) is 4.16. The first kappa shape index (κ1) is 11.8. The molecule has 0 radical (unpaired) electrons. The second-order valence-electron chi connectivity index (χ2n) is 4.16. The highest BCUT2D eigenvalue weighted by Gasteiger charge is 2.21. The van der Waals surface area contributed by atoms with Gasteiger partial charge in [-0.1, -0.05) is 54.6 Å². The lowest BCUT2D eigenvalue weighted by molar-refractivity contribution is 0.0646. The first-order chi connectivity index (χ1) is 8.22. The standard InChI is InChI=1S/C15H17NO/c1-16-15(17)11-9-14(10-12-15)8-7-13-5-3-2-4-6-13/h2-11,16-17H,12H2,1H3. The molecule has 0 aliphatic heterocycles. The Morgan fingerprint density at radius 3 is 2.59 bits per heavy atom. The molecule has 0 amide bonds. The largest absolute Gasteiger partial charge is 0.372 e. The summed E-state index contributed by atoms with van der Waals surface area (Å²) in [6.07, 6.45) is 10.5. The minimum absolute atomic E-state index is 0.592. The molecular formula is C15H17NO. The van der Waals surface area contributed by atoms with Gasteiger partial charge >= 0.3 is 0 Å². The van der Waals surface area contributed by atoms with Crippen LogP contribution >= 0.6 is 0 Å². The van der Waals surface area contributed by atoms with Gasteiger partial charge in [-0.3, -0.25) is 5.32 Å². The maximum absolute atomic E-state index is 9.92. The van der Waals surface area contributed by atoms with Crippen molar-refractivity contribution in [1.29, 1.82) is 0 Å². The molecule has 0 fully saturated rings. The van der Waals surface area contributed by atoms with Crippen LogP contribution in [-0.2, 0) is 0 Å². The van der Waals surface area contributed by atoms with Gasteiger partial charge in [0.1, 0.15) is 5.72 Å². The van der Waals surface area contributed by atoms with Gasteiger partial charge in [0, 0.05) is 6.42 Å². The van der Waals surface area contributed by atoms with E-state index < -0.39 is 5.72 Å². The van der Waals surface area contributed by atoms with Crippen molar-refractivity contribution in [2.45, 2.75) is 12.1 Å². The molecule has 1 atom stereocenters. The molecule has 0 heterocycles. The number of rotatable bonds is 3. The molecule has 0 saturated carbocycles. The second kappa shape index (κ2) is 5.13. The third-order valence-electron chi connectivity index (χ3n) is 2.90. The van der Waals surface area contributed by atoms with Crippen molar-refractivity contribution in [3.05, 3.63) is 65.8 Å². The van der Waals surface area contributed by atoms with Gasteiger partial charge in [0.05, 0.1) is 0 Å². The molecule has 0 spiro atoms. The lowest BCUT2D eigenvalue weighted by Crippen LogP contribution is -2.41. The highest BCUT2D eigenvalue weighted by molar-refractivity contribution is 5.55. The third kappa shape index (κ3) is 3.16. The van der Waals surface area contributed by atoms with E-state index in [0.29, 0.717) is 6.42 Å². The molecule has 0 bridgehead atoms. The van der Waals surface area contributed by atoms with Crippen molar-refractivity contribution in [3.63, 3.8) is 0 Å². The Morgan fingerprint density at radius 2 is 2.00 bits per heavy atom. The number of likely N-dealkylation sites (N-methyl/N-ethyl adjacent to an activating group) is 1. The molecular weight excluding hydrogens is 210 g/mol. The summed E-state index contributed by atoms with van der Waals surface area (Å²) >= 11 is 0. The van der Waals surface area contributed by atoms with Crippen molar-refractivity contribution >= 4 is 6.08 Å². The van der Waals surface area contributed by atoms with Crippen molar-refractivity contribution in [3.8, 4) is 0 Å². The molecule has 2 N–H and O–H groups in total. The lowest BCUT2D eigenvalue weighted by Gasteiger charge is -2.25. The van der Waals surface area contributed by atoms with Crippen molar-refractivity contribution in [1.82, 2.24) is 5.32 Å². The van der Waals surface area contributed by atoms with Gasteiger partial charge in [-0.15, -0.1) is 0 Å². The third-order valence-corrected chi connectivity index (χ3v) is 2.90. The molecule has 1 aromatic carbocycles. The molecule has 1 aliphatic rings. The van der Waals surface area contributed by atoms with Crippen molar-refractivity contribution in [2.75, 3.05) is 7.05 Å². The summed E-state index contributed by atoms with van der Waals surface area (Å²) < 4.78 is 0. The maximum Gasteiger partial charge on any atom is 0.138 e. The first-order valence-corrected chi connectivity index (χ1v) is 5.76. The maximum atomic E-state index is 9.92. The van der Waals surface area contributed by atoms with Gasteiger partial charge in [0.2, 0.25) is 0 Å². The molecule has 1 unspecified atom stereocenters. The smallest absolute Gasteiger partial charge is 0.138 e. The molecule has 2 heteroatoms. The summed E-state index contributed by atoms with van der Waals surface area (Å²) in [5.41, 5.74) is 1.41. The zero-order valence-corrected chi connectivity index (χ0v) is 9.93. The predicted octanol–water partition coefficient (Wildman–Crippen LogP) is 2.49. The van der Waals surface area contributed by atoms with E-state index in [2.05, 4.69) is 29.6 Å². The van der Waals surface area contributed by atoms with Gasteiger partial charge in [0.15, 0.2) is 0 Å². The number of nitrogens with one attached hydrogen (secondary N) is 1. The van der Waals surface area contributed by atoms with Gasteiger partial charge < -0.3 is 5.11 Å². The summed E-state index contributed by atoms with van der Waals surface area (Å²) in [4.78, 5) is 0. The van der Waals surface area contributed by atoms with E-state index >= 15 is 0 Å². The Labute approximate surface area is 102 Å². The monoisotopic (exact) mass is 227 g/mol. The molecule has 0 aromatic heterocycles. The lowest BCUT2D eigenvalue weighted by atomic mass is 9.99. The average Bonchev–Trinajstić information content (AvgIpc) is 2.39. The zero-order valence-electron chi connectivity index (χ0n) is 9.93. The van der Waals surface area contributed by atoms with Crippen molar-refractivity contribution in [2.24, 2.45) is 0 Å². The summed E-state index contributed by atoms with van der Waals surface area (Å²) in [5.74, 6) is 0. The molecule has 1 aliphatic carbocycles. The van der Waals surface area contributed by atoms with Crippen LogP contribution < -0.4 is 5.32 Å². The van der Waals surface area contributed by atoms with Crippen LogP contribution in [0.5, 0.6) is 0 Å². The minimum Gasteiger partial charge on any atom is -0.372 e. The quantitative estimate of drug-likeness (QED) is 0.778. The highest BCUT2D eigenvalue weighted by atomic mass is 16.3. The van der Waals surface area contributed by atoms with E-state index in [9.17, 15) is 5.11 Å². The Kier molecular flexibility index (Phi) is 3.57. The number of allylic oxidation sites excluding steroid dienone is 3. The van der Waals surface area contributed by atoms with Crippen LogP contribution in [0, 0.1) is 0 Å². The summed E-state index contributed by atoms with van der Waals surface area (Å²) in [6.45, 7) is 0. The van der Waals surface area contributed by atoms with E-state index in [4.69, 9.17) is 0 Å². The summed E-state index contributed by atoms with van der Waals surface area (Å²) in [5, 5.41) is 12.8. The zero-order chi connectivity index (χ0) is 12.1. The van der Waals surface area contributed by atoms with Gasteiger partial charge in [0.25, 0.3) is 0 Å². The highest BCUT2D eigenvalue weighted by Crippen LogP contribution is 2.19. The van der Waals surface area contributed by atoms with Crippen LogP contribution in [0.1, 0.15) is 12.0 Å². The summed E-state index contributed by atoms with van der Waals surface area (Å²) in [7, 11) is 1.75.